The van der Waals surface area contributed by atoms with Gasteiger partial charge in [0, 0.05) is 31.0 Å². The van der Waals surface area contributed by atoms with Crippen molar-refractivity contribution >= 4 is 27.7 Å². The molecule has 1 aliphatic rings. The molecule has 1 saturated heterocycles. The van der Waals surface area contributed by atoms with Gasteiger partial charge < -0.3 is 20.6 Å². The van der Waals surface area contributed by atoms with Crippen LogP contribution in [0.25, 0.3) is 0 Å². The molecule has 5 N–H and O–H groups in total. The molecule has 3 rings (SSSR count). The first-order valence-electron chi connectivity index (χ1n) is 9.80. The highest BCUT2D eigenvalue weighted by molar-refractivity contribution is 7.86. The first-order chi connectivity index (χ1) is 14.7. The van der Waals surface area contributed by atoms with E-state index in [1.54, 1.807) is 18.3 Å². The normalized spacial score (nSPS) is 16.0. The molecular formula is C19H26N6O5S. The number of hydrogen-bond acceptors (Lipinski definition) is 8. The van der Waals surface area contributed by atoms with Gasteiger partial charge in [0.05, 0.1) is 17.9 Å². The maximum absolute atomic E-state index is 12.0. The predicted octanol–water partition coefficient (Wildman–Crippen LogP) is 1.71. The lowest BCUT2D eigenvalue weighted by Gasteiger charge is -2.32. The minimum Gasteiger partial charge on any atom is -0.465 e. The molecular weight excluding hydrogens is 424 g/mol. The van der Waals surface area contributed by atoms with Crippen molar-refractivity contribution in [1.82, 2.24) is 20.2 Å². The Labute approximate surface area is 180 Å². The number of nitrogens with zero attached hydrogens (tertiary/aromatic N) is 3. The number of likely N-dealkylation sites (tertiary alicyclic amines) is 1. The van der Waals surface area contributed by atoms with Crippen molar-refractivity contribution in [2.75, 3.05) is 23.7 Å². The smallest absolute Gasteiger partial charge is 0.407 e. The van der Waals surface area contributed by atoms with Gasteiger partial charge in [0.2, 0.25) is 5.50 Å². The van der Waals surface area contributed by atoms with Crippen LogP contribution < -0.4 is 16.0 Å². The maximum atomic E-state index is 12.0. The third-order valence-electron chi connectivity index (χ3n) is 4.93. The van der Waals surface area contributed by atoms with Crippen molar-refractivity contribution in [1.29, 1.82) is 0 Å². The van der Waals surface area contributed by atoms with E-state index in [9.17, 15) is 17.8 Å². The molecule has 0 saturated carbocycles. The van der Waals surface area contributed by atoms with E-state index in [1.807, 2.05) is 25.1 Å². The summed E-state index contributed by atoms with van der Waals surface area (Å²) in [4.78, 5) is 21.0. The molecule has 0 aromatic carbocycles. The summed E-state index contributed by atoms with van der Waals surface area (Å²) >= 11 is 0. The monoisotopic (exact) mass is 450 g/mol. The average molecular weight is 451 g/mol. The summed E-state index contributed by atoms with van der Waals surface area (Å²) in [5.41, 5.74) is 0.582. The van der Waals surface area contributed by atoms with E-state index in [1.165, 1.54) is 4.90 Å². The Balaban J connectivity index is 1.68. The average Bonchev–Trinajstić information content (AvgIpc) is 2.72. The highest BCUT2D eigenvalue weighted by Crippen LogP contribution is 2.21. The van der Waals surface area contributed by atoms with Crippen LogP contribution in [0.4, 0.5) is 16.3 Å². The van der Waals surface area contributed by atoms with E-state index in [-0.39, 0.29) is 19.1 Å². The molecule has 168 valence electrons. The lowest BCUT2D eigenvalue weighted by Crippen LogP contribution is -2.52. The molecule has 2 aromatic heterocycles. The Morgan fingerprint density at radius 3 is 2.65 bits per heavy atom. The standard InChI is InChI=1S/C19H26N6O5S/c1-13-4-2-5-15(22-13)12-21-17-16(6-3-9-20-17)24-18(31(28,29)30)23-14-7-10-25(11-8-14)19(26)27/h2-6,9,14,18,23-24H,7-8,10-12H2,1H3,(H,20,21)(H,26,27)(H,28,29,30). The number of aryl methyl sites for hydroxylation is 1. The van der Waals surface area contributed by atoms with Gasteiger partial charge in [-0.2, -0.15) is 8.42 Å². The van der Waals surface area contributed by atoms with Crippen molar-refractivity contribution in [2.24, 2.45) is 0 Å². The van der Waals surface area contributed by atoms with E-state index in [4.69, 9.17) is 5.11 Å². The van der Waals surface area contributed by atoms with Crippen LogP contribution in [0.15, 0.2) is 36.5 Å². The van der Waals surface area contributed by atoms with Crippen LogP contribution in [0.3, 0.4) is 0 Å². The van der Waals surface area contributed by atoms with Crippen molar-refractivity contribution in [3.63, 3.8) is 0 Å². The van der Waals surface area contributed by atoms with Crippen molar-refractivity contribution in [3.8, 4) is 0 Å². The number of carboxylic acid groups (broad SMARTS) is 1. The summed E-state index contributed by atoms with van der Waals surface area (Å²) in [7, 11) is -4.50. The molecule has 11 nitrogen and oxygen atoms in total. The second-order valence-electron chi connectivity index (χ2n) is 7.27. The summed E-state index contributed by atoms with van der Waals surface area (Å²) in [6, 6.07) is 8.66. The van der Waals surface area contributed by atoms with Crippen LogP contribution in [0.2, 0.25) is 0 Å². The summed E-state index contributed by atoms with van der Waals surface area (Å²) in [6.45, 7) is 2.84. The Hall–Kier alpha value is -2.96. The van der Waals surface area contributed by atoms with Gasteiger partial charge in [-0.05, 0) is 44.0 Å². The molecule has 12 heteroatoms. The van der Waals surface area contributed by atoms with E-state index < -0.39 is 21.7 Å². The van der Waals surface area contributed by atoms with Gasteiger partial charge in [-0.15, -0.1) is 0 Å². The van der Waals surface area contributed by atoms with Crippen LogP contribution in [0.5, 0.6) is 0 Å². The van der Waals surface area contributed by atoms with Gasteiger partial charge in [0.15, 0.2) is 0 Å². The highest BCUT2D eigenvalue weighted by atomic mass is 32.2. The van der Waals surface area contributed by atoms with E-state index in [0.717, 1.165) is 11.4 Å². The van der Waals surface area contributed by atoms with E-state index >= 15 is 0 Å². The van der Waals surface area contributed by atoms with Crippen molar-refractivity contribution < 1.29 is 22.9 Å². The number of hydrogen-bond donors (Lipinski definition) is 5. The van der Waals surface area contributed by atoms with Crippen molar-refractivity contribution in [2.45, 2.75) is 37.8 Å². The number of pyridine rings is 2. The molecule has 1 unspecified atom stereocenters. The fourth-order valence-electron chi connectivity index (χ4n) is 3.33. The minimum absolute atomic E-state index is 0.278. The fraction of sp³-hybridized carbons (Fsp3) is 0.421. The fourth-order valence-corrected chi connectivity index (χ4v) is 3.97. The van der Waals surface area contributed by atoms with Crippen molar-refractivity contribution in [3.05, 3.63) is 47.9 Å². The number of piperidine rings is 1. The first-order valence-corrected chi connectivity index (χ1v) is 11.3. The summed E-state index contributed by atoms with van der Waals surface area (Å²) < 4.78 is 33.7. The molecule has 1 aliphatic heterocycles. The second kappa shape index (κ2) is 9.90. The van der Waals surface area contributed by atoms with Gasteiger partial charge in [-0.3, -0.25) is 14.9 Å². The molecule has 0 bridgehead atoms. The molecule has 0 spiro atoms. The number of aromatic nitrogens is 2. The second-order valence-corrected chi connectivity index (χ2v) is 8.77. The lowest BCUT2D eigenvalue weighted by atomic mass is 10.1. The first kappa shape index (κ1) is 22.7. The molecule has 1 amide bonds. The van der Waals surface area contributed by atoms with Gasteiger partial charge in [-0.1, -0.05) is 6.07 Å². The topological polar surface area (TPSA) is 157 Å². The molecule has 1 fully saturated rings. The molecule has 2 aromatic rings. The van der Waals surface area contributed by atoms with E-state index in [2.05, 4.69) is 25.9 Å². The molecule has 31 heavy (non-hydrogen) atoms. The SMILES string of the molecule is Cc1cccc(CNc2ncccc2NC(NC2CCN(C(=O)O)CC2)S(=O)(=O)O)n1. The Kier molecular flexibility index (Phi) is 7.25. The zero-order valence-electron chi connectivity index (χ0n) is 17.0. The lowest BCUT2D eigenvalue weighted by molar-refractivity contribution is 0.128. The number of anilines is 2. The van der Waals surface area contributed by atoms with Crippen LogP contribution in [0.1, 0.15) is 24.2 Å². The third kappa shape index (κ3) is 6.51. The van der Waals surface area contributed by atoms with Crippen LogP contribution in [0, 0.1) is 6.92 Å². The quantitative estimate of drug-likeness (QED) is 0.296. The van der Waals surface area contributed by atoms with Gasteiger partial charge >= 0.3 is 6.09 Å². The summed E-state index contributed by atoms with van der Waals surface area (Å²) in [5.74, 6) is 0.405. The molecule has 3 heterocycles. The Morgan fingerprint density at radius 1 is 1.26 bits per heavy atom. The van der Waals surface area contributed by atoms with E-state index in [0.29, 0.717) is 30.9 Å². The number of rotatable bonds is 8. The Morgan fingerprint density at radius 2 is 2.00 bits per heavy atom. The van der Waals surface area contributed by atoms with Gasteiger partial charge in [0.25, 0.3) is 10.1 Å². The van der Waals surface area contributed by atoms with Crippen LogP contribution in [-0.4, -0.2) is 63.7 Å². The van der Waals surface area contributed by atoms with Gasteiger partial charge in [-0.25, -0.2) is 9.78 Å². The number of amides is 1. The Bertz CT molecular complexity index is 1010. The number of nitrogens with one attached hydrogen (secondary N) is 3. The van der Waals surface area contributed by atoms with Crippen LogP contribution in [-0.2, 0) is 16.7 Å². The highest BCUT2D eigenvalue weighted by Gasteiger charge is 2.30. The molecule has 0 aliphatic carbocycles. The zero-order chi connectivity index (χ0) is 22.4. The summed E-state index contributed by atoms with van der Waals surface area (Å²) in [6.07, 6.45) is 1.42. The largest absolute Gasteiger partial charge is 0.465 e. The van der Waals surface area contributed by atoms with Crippen LogP contribution >= 0.6 is 0 Å². The predicted molar refractivity (Wildman–Crippen MR) is 115 cm³/mol. The van der Waals surface area contributed by atoms with Gasteiger partial charge in [0.1, 0.15) is 5.82 Å². The minimum atomic E-state index is -4.50. The summed E-state index contributed by atoms with van der Waals surface area (Å²) in [5, 5.41) is 17.8. The molecule has 1 atom stereocenters. The maximum Gasteiger partial charge on any atom is 0.407 e. The molecule has 0 radical (unpaired) electrons. The zero-order valence-corrected chi connectivity index (χ0v) is 17.8. The number of carbonyl (C=O) groups is 1. The third-order valence-corrected chi connectivity index (χ3v) is 5.78.